The van der Waals surface area contributed by atoms with Crippen molar-refractivity contribution in [2.75, 3.05) is 13.7 Å². The smallest absolute Gasteiger partial charge is 0.336 e. The van der Waals surface area contributed by atoms with Crippen LogP contribution < -0.4 is 10.1 Å². The molecule has 4 rings (SSSR count). The van der Waals surface area contributed by atoms with E-state index in [0.29, 0.717) is 38.3 Å². The molecule has 0 bridgehead atoms. The Labute approximate surface area is 201 Å². The Morgan fingerprint density at radius 1 is 1.29 bits per heavy atom. The highest BCUT2D eigenvalue weighted by Crippen LogP contribution is 2.48. The summed E-state index contributed by atoms with van der Waals surface area (Å²) in [6.07, 6.45) is 0. The van der Waals surface area contributed by atoms with E-state index in [0.717, 1.165) is 14.7 Å². The van der Waals surface area contributed by atoms with Gasteiger partial charge in [-0.25, -0.2) is 4.79 Å². The number of halogens is 2. The van der Waals surface area contributed by atoms with E-state index >= 15 is 0 Å². The molecule has 2 aliphatic rings. The number of ketones is 1. The van der Waals surface area contributed by atoms with Crippen molar-refractivity contribution in [1.29, 1.82) is 5.26 Å². The Hall–Kier alpha value is -2.64. The van der Waals surface area contributed by atoms with Crippen LogP contribution in [0.3, 0.4) is 0 Å². The van der Waals surface area contributed by atoms with Crippen molar-refractivity contribution < 1.29 is 19.1 Å². The number of esters is 1. The van der Waals surface area contributed by atoms with Crippen LogP contribution in [0, 0.1) is 14.9 Å². The quantitative estimate of drug-likeness (QED) is 0.410. The zero-order valence-corrected chi connectivity index (χ0v) is 20.3. The monoisotopic (exact) mass is 590 g/mol. The van der Waals surface area contributed by atoms with Gasteiger partial charge >= 0.3 is 5.97 Å². The average Bonchev–Trinajstić information content (AvgIpc) is 3.03. The van der Waals surface area contributed by atoms with E-state index in [1.54, 1.807) is 13.0 Å². The number of hydrogen-bond donors (Lipinski definition) is 1. The minimum Gasteiger partial charge on any atom is -0.476 e. The minimum absolute atomic E-state index is 0.0865. The topological polar surface area (TPSA) is 88.4 Å². The second-order valence-electron chi connectivity index (χ2n) is 7.01. The first-order valence-electron chi connectivity index (χ1n) is 9.32. The summed E-state index contributed by atoms with van der Waals surface area (Å²) in [5, 5.41) is 12.1. The van der Waals surface area contributed by atoms with Crippen LogP contribution in [-0.4, -0.2) is 25.5 Å². The third-order valence-electron chi connectivity index (χ3n) is 5.29. The van der Waals surface area contributed by atoms with E-state index in [1.807, 2.05) is 36.4 Å². The Bertz CT molecular complexity index is 1220. The summed E-state index contributed by atoms with van der Waals surface area (Å²) < 4.78 is 12.0. The summed E-state index contributed by atoms with van der Waals surface area (Å²) in [5.74, 6) is -0.692. The maximum Gasteiger partial charge on any atom is 0.336 e. The zero-order valence-electron chi connectivity index (χ0n) is 16.6. The van der Waals surface area contributed by atoms with Crippen molar-refractivity contribution >= 4 is 56.0 Å². The van der Waals surface area contributed by atoms with Crippen molar-refractivity contribution in [3.63, 3.8) is 0 Å². The van der Waals surface area contributed by atoms with Crippen LogP contribution >= 0.6 is 38.5 Å². The second kappa shape index (κ2) is 8.48. The lowest BCUT2D eigenvalue weighted by molar-refractivity contribution is -0.136. The minimum atomic E-state index is -0.613. The molecule has 0 spiro atoms. The molecule has 0 saturated carbocycles. The van der Waals surface area contributed by atoms with Gasteiger partial charge in [0.25, 0.3) is 0 Å². The zero-order chi connectivity index (χ0) is 22.3. The molecule has 1 aliphatic heterocycles. The number of nitrogens with zero attached hydrogens (tertiary/aromatic N) is 1. The predicted octanol–water partition coefficient (Wildman–Crippen LogP) is 4.70. The molecule has 2 aromatic rings. The number of hydrogen-bond acceptors (Lipinski definition) is 6. The van der Waals surface area contributed by atoms with Gasteiger partial charge in [0, 0.05) is 28.3 Å². The molecular weight excluding hydrogens is 575 g/mol. The van der Waals surface area contributed by atoms with Gasteiger partial charge < -0.3 is 14.8 Å². The first kappa shape index (κ1) is 21.6. The molecular formula is C23H16BrIN2O4. The summed E-state index contributed by atoms with van der Waals surface area (Å²) in [6.45, 7) is 1.72. The second-order valence-corrected chi connectivity index (χ2v) is 9.03. The normalized spacial score (nSPS) is 17.0. The molecule has 1 heterocycles. The van der Waals surface area contributed by atoms with Crippen LogP contribution in [0.1, 0.15) is 34.3 Å². The van der Waals surface area contributed by atoms with Crippen LogP contribution in [0.2, 0.25) is 0 Å². The lowest BCUT2D eigenvalue weighted by Crippen LogP contribution is -2.29. The highest BCUT2D eigenvalue weighted by Gasteiger charge is 2.43. The van der Waals surface area contributed by atoms with Crippen LogP contribution in [0.15, 0.2) is 57.7 Å². The van der Waals surface area contributed by atoms with Gasteiger partial charge in [-0.1, -0.05) is 24.3 Å². The fourth-order valence-corrected chi connectivity index (χ4v) is 5.80. The standard InChI is InChI=1S/C23H16BrIN2O4/c1-11-17(23(29)30-2)18(12-9-15(24)22(16(25)10-12)31-8-7-26)19-20(27-11)13-5-3-4-6-14(13)21(19)28/h3-6,9-10,18,27H,8H2,1-2H3/t18-/m1/s1. The molecule has 1 aliphatic carbocycles. The summed E-state index contributed by atoms with van der Waals surface area (Å²) in [5.41, 5.74) is 4.42. The van der Waals surface area contributed by atoms with Gasteiger partial charge in [-0.2, -0.15) is 5.26 Å². The number of carbonyl (C=O) groups is 2. The average molecular weight is 591 g/mol. The number of ether oxygens (including phenoxy) is 2. The van der Waals surface area contributed by atoms with Crippen LogP contribution in [-0.2, 0) is 9.53 Å². The van der Waals surface area contributed by atoms with Gasteiger partial charge in [0.15, 0.2) is 12.4 Å². The first-order chi connectivity index (χ1) is 14.9. The van der Waals surface area contributed by atoms with E-state index in [-0.39, 0.29) is 12.4 Å². The van der Waals surface area contributed by atoms with Crippen molar-refractivity contribution in [3.05, 3.63) is 78.0 Å². The number of methoxy groups -OCH3 is 1. The number of nitriles is 1. The summed E-state index contributed by atoms with van der Waals surface area (Å²) in [7, 11) is 1.33. The molecule has 1 N–H and O–H groups in total. The Morgan fingerprint density at radius 3 is 2.65 bits per heavy atom. The maximum atomic E-state index is 13.4. The van der Waals surface area contributed by atoms with Crippen molar-refractivity contribution in [2.24, 2.45) is 0 Å². The Kier molecular flexibility index (Phi) is 5.90. The highest BCUT2D eigenvalue weighted by molar-refractivity contribution is 14.1. The molecule has 0 saturated heterocycles. The number of fused-ring (bicyclic) bond motifs is 2. The van der Waals surface area contributed by atoms with Crippen molar-refractivity contribution in [3.8, 4) is 11.8 Å². The van der Waals surface area contributed by atoms with Crippen molar-refractivity contribution in [1.82, 2.24) is 5.32 Å². The van der Waals surface area contributed by atoms with Gasteiger partial charge in [-0.3, -0.25) is 4.79 Å². The summed E-state index contributed by atoms with van der Waals surface area (Å²) >= 11 is 5.63. The number of rotatable bonds is 4. The van der Waals surface area contributed by atoms with E-state index < -0.39 is 11.9 Å². The van der Waals surface area contributed by atoms with Gasteiger partial charge in [-0.05, 0) is 63.1 Å². The summed E-state index contributed by atoms with van der Waals surface area (Å²) in [6, 6.07) is 13.0. The Balaban J connectivity index is 1.92. The molecule has 1 atom stereocenters. The largest absolute Gasteiger partial charge is 0.476 e. The van der Waals surface area contributed by atoms with E-state index in [2.05, 4.69) is 43.8 Å². The molecule has 0 radical (unpaired) electrons. The molecule has 6 nitrogen and oxygen atoms in total. The van der Waals surface area contributed by atoms with E-state index in [4.69, 9.17) is 14.7 Å². The summed E-state index contributed by atoms with van der Waals surface area (Å²) in [4.78, 5) is 26.2. The predicted molar refractivity (Wildman–Crippen MR) is 126 cm³/mol. The molecule has 31 heavy (non-hydrogen) atoms. The molecule has 2 aromatic carbocycles. The fraction of sp³-hybridized carbons (Fsp3) is 0.174. The van der Waals surface area contributed by atoms with Gasteiger partial charge in [-0.15, -0.1) is 0 Å². The molecule has 0 fully saturated rings. The lowest BCUT2D eigenvalue weighted by Gasteiger charge is -2.29. The molecule has 0 amide bonds. The number of dihydropyridines is 1. The first-order valence-corrected chi connectivity index (χ1v) is 11.2. The third kappa shape index (κ3) is 3.55. The molecule has 0 unspecified atom stereocenters. The molecule has 0 aromatic heterocycles. The van der Waals surface area contributed by atoms with Crippen LogP contribution in [0.25, 0.3) is 5.70 Å². The SMILES string of the molecule is COC(=O)C1=C(C)NC2=C(C(=O)c3ccccc32)[C@@H]1c1cc(Br)c(OCC#N)c(I)c1. The van der Waals surface area contributed by atoms with E-state index in [1.165, 1.54) is 7.11 Å². The molecule has 8 heteroatoms. The van der Waals surface area contributed by atoms with Crippen molar-refractivity contribution in [2.45, 2.75) is 12.8 Å². The molecule has 156 valence electrons. The fourth-order valence-electron chi connectivity index (χ4n) is 4.03. The number of nitrogens with one attached hydrogen (secondary N) is 1. The van der Waals surface area contributed by atoms with Crippen LogP contribution in [0.5, 0.6) is 5.75 Å². The number of Topliss-reactive ketones (excluding diaryl/α,β-unsaturated/α-hetero) is 1. The lowest BCUT2D eigenvalue weighted by atomic mass is 9.80. The van der Waals surface area contributed by atoms with Crippen LogP contribution in [0.4, 0.5) is 0 Å². The third-order valence-corrected chi connectivity index (χ3v) is 6.68. The van der Waals surface area contributed by atoms with Gasteiger partial charge in [0.05, 0.1) is 26.4 Å². The number of benzene rings is 2. The Morgan fingerprint density at radius 2 is 2.00 bits per heavy atom. The maximum absolute atomic E-state index is 13.4. The van der Waals surface area contributed by atoms with Gasteiger partial charge in [0.1, 0.15) is 11.8 Å². The van der Waals surface area contributed by atoms with Gasteiger partial charge in [0.2, 0.25) is 0 Å². The number of allylic oxidation sites excluding steroid dienone is 2. The number of carbonyl (C=O) groups excluding carboxylic acids is 2. The highest BCUT2D eigenvalue weighted by atomic mass is 127. The van der Waals surface area contributed by atoms with E-state index in [9.17, 15) is 9.59 Å².